The predicted octanol–water partition coefficient (Wildman–Crippen LogP) is 2.70. The first-order valence-electron chi connectivity index (χ1n) is 8.07. The summed E-state index contributed by atoms with van der Waals surface area (Å²) in [6.07, 6.45) is 1.09. The lowest BCUT2D eigenvalue weighted by Crippen LogP contribution is -2.37. The van der Waals surface area contributed by atoms with Crippen LogP contribution in [0.2, 0.25) is 0 Å². The van der Waals surface area contributed by atoms with E-state index in [1.165, 1.54) is 16.0 Å². The molecule has 0 aliphatic heterocycles. The van der Waals surface area contributed by atoms with Crippen molar-refractivity contribution in [1.82, 2.24) is 15.1 Å². The lowest BCUT2D eigenvalue weighted by atomic mass is 10.1. The molecular weight excluding hydrogens is 338 g/mol. The van der Waals surface area contributed by atoms with E-state index in [0.717, 1.165) is 10.4 Å². The zero-order chi connectivity index (χ0) is 17.6. The van der Waals surface area contributed by atoms with Crippen molar-refractivity contribution in [2.24, 2.45) is 0 Å². The maximum atomic E-state index is 12.1. The Hall–Kier alpha value is -2.67. The van der Waals surface area contributed by atoms with Crippen LogP contribution in [0, 0.1) is 0 Å². The first-order chi connectivity index (χ1) is 12.1. The molecule has 2 heterocycles. The van der Waals surface area contributed by atoms with Gasteiger partial charge in [0.05, 0.1) is 11.4 Å². The number of carbonyl (C=O) groups excluding carboxylic acids is 1. The maximum Gasteiger partial charge on any atom is 0.437 e. The Morgan fingerprint density at radius 3 is 2.80 bits per heavy atom. The van der Waals surface area contributed by atoms with Crippen LogP contribution in [-0.4, -0.2) is 21.7 Å². The van der Waals surface area contributed by atoms with Gasteiger partial charge in [-0.25, -0.2) is 4.79 Å². The van der Waals surface area contributed by atoms with Crippen molar-refractivity contribution in [1.29, 1.82) is 0 Å². The monoisotopic (exact) mass is 357 g/mol. The Bertz CT molecular complexity index is 869. The number of hydrogen-bond donors (Lipinski definition) is 1. The predicted molar refractivity (Wildman–Crippen MR) is 96.4 cm³/mol. The lowest BCUT2D eigenvalue weighted by molar-refractivity contribution is -0.121. The second-order valence-electron chi connectivity index (χ2n) is 5.79. The van der Waals surface area contributed by atoms with Crippen LogP contribution < -0.4 is 11.1 Å². The average molecular weight is 357 g/mol. The summed E-state index contributed by atoms with van der Waals surface area (Å²) in [5.74, 6) is -0.261. The zero-order valence-electron chi connectivity index (χ0n) is 13.8. The summed E-state index contributed by atoms with van der Waals surface area (Å²) in [5.41, 5.74) is 1.12. The van der Waals surface area contributed by atoms with E-state index in [9.17, 15) is 9.59 Å². The van der Waals surface area contributed by atoms with Crippen molar-refractivity contribution in [3.63, 3.8) is 0 Å². The second kappa shape index (κ2) is 7.94. The third kappa shape index (κ3) is 4.67. The zero-order valence-corrected chi connectivity index (χ0v) is 14.7. The summed E-state index contributed by atoms with van der Waals surface area (Å²) < 4.78 is 6.41. The highest BCUT2D eigenvalue weighted by Crippen LogP contribution is 2.21. The maximum absolute atomic E-state index is 12.1. The van der Waals surface area contributed by atoms with E-state index < -0.39 is 5.76 Å². The molecule has 25 heavy (non-hydrogen) atoms. The van der Waals surface area contributed by atoms with Crippen molar-refractivity contribution in [2.75, 3.05) is 0 Å². The van der Waals surface area contributed by atoms with Crippen LogP contribution in [0.25, 0.3) is 10.8 Å². The van der Waals surface area contributed by atoms with E-state index in [1.807, 2.05) is 54.8 Å². The van der Waals surface area contributed by atoms with Crippen LogP contribution >= 0.6 is 11.3 Å². The summed E-state index contributed by atoms with van der Waals surface area (Å²) >= 11 is 1.45. The molecule has 7 heteroatoms. The number of hydrogen-bond acceptors (Lipinski definition) is 5. The van der Waals surface area contributed by atoms with E-state index in [1.54, 1.807) is 0 Å². The minimum absolute atomic E-state index is 0.0497. The van der Waals surface area contributed by atoms with Gasteiger partial charge in [0, 0.05) is 12.5 Å². The van der Waals surface area contributed by atoms with Gasteiger partial charge in [-0.1, -0.05) is 36.4 Å². The van der Waals surface area contributed by atoms with Gasteiger partial charge in [-0.3, -0.25) is 4.79 Å². The Kier molecular flexibility index (Phi) is 5.45. The minimum atomic E-state index is -0.520. The van der Waals surface area contributed by atoms with Gasteiger partial charge in [0.1, 0.15) is 0 Å². The molecule has 2 aromatic heterocycles. The van der Waals surface area contributed by atoms with Gasteiger partial charge in [0.2, 0.25) is 5.91 Å². The van der Waals surface area contributed by atoms with Crippen molar-refractivity contribution < 1.29 is 9.21 Å². The fourth-order valence-corrected chi connectivity index (χ4v) is 3.12. The normalized spacial score (nSPS) is 12.0. The second-order valence-corrected chi connectivity index (χ2v) is 6.73. The van der Waals surface area contributed by atoms with E-state index in [4.69, 9.17) is 4.42 Å². The molecule has 1 N–H and O–H groups in total. The van der Waals surface area contributed by atoms with Gasteiger partial charge in [0.25, 0.3) is 5.89 Å². The van der Waals surface area contributed by atoms with E-state index in [2.05, 4.69) is 10.4 Å². The first-order valence-corrected chi connectivity index (χ1v) is 8.95. The van der Waals surface area contributed by atoms with Crippen LogP contribution in [0.1, 0.15) is 18.9 Å². The summed E-state index contributed by atoms with van der Waals surface area (Å²) in [7, 11) is 0. The third-order valence-corrected chi connectivity index (χ3v) is 4.53. The molecule has 0 unspecified atom stereocenters. The largest absolute Gasteiger partial charge is 0.437 e. The van der Waals surface area contributed by atoms with Gasteiger partial charge in [-0.15, -0.1) is 16.4 Å². The number of aromatic nitrogens is 2. The highest BCUT2D eigenvalue weighted by molar-refractivity contribution is 7.13. The van der Waals surface area contributed by atoms with Crippen LogP contribution in [0.15, 0.2) is 57.1 Å². The molecule has 0 aliphatic carbocycles. The summed E-state index contributed by atoms with van der Waals surface area (Å²) in [6, 6.07) is 13.4. The molecule has 0 bridgehead atoms. The fraction of sp³-hybridized carbons (Fsp3) is 0.278. The smallest absolute Gasteiger partial charge is 0.387 e. The van der Waals surface area contributed by atoms with Crippen LogP contribution in [0.3, 0.4) is 0 Å². The molecule has 0 aliphatic rings. The van der Waals surface area contributed by atoms with Crippen molar-refractivity contribution >= 4 is 17.2 Å². The number of nitrogens with zero attached hydrogens (tertiary/aromatic N) is 2. The van der Waals surface area contributed by atoms with Crippen LogP contribution in [0.4, 0.5) is 0 Å². The van der Waals surface area contributed by atoms with Crippen LogP contribution in [-0.2, 0) is 17.8 Å². The van der Waals surface area contributed by atoms with E-state index in [-0.39, 0.29) is 18.5 Å². The highest BCUT2D eigenvalue weighted by Gasteiger charge is 2.14. The molecule has 0 fully saturated rings. The molecule has 3 aromatic rings. The molecule has 1 amide bonds. The average Bonchev–Trinajstić information content (AvgIpc) is 3.24. The van der Waals surface area contributed by atoms with E-state index in [0.29, 0.717) is 18.7 Å². The molecule has 0 saturated heterocycles. The van der Waals surface area contributed by atoms with Gasteiger partial charge < -0.3 is 9.73 Å². The van der Waals surface area contributed by atoms with Gasteiger partial charge in [-0.05, 0) is 30.4 Å². The molecule has 0 spiro atoms. The summed E-state index contributed by atoms with van der Waals surface area (Å²) in [6.45, 7) is 2.11. The topological polar surface area (TPSA) is 77.1 Å². The standard InChI is InChI=1S/C18H19N3O3S/c1-13(19-16(22)10-9-14-6-3-2-4-7-14)12-21-18(23)24-17(20-21)15-8-5-11-25-15/h2-8,11,13H,9-10,12H2,1H3,(H,19,22)/t13-/m0/s1. The number of rotatable bonds is 7. The Morgan fingerprint density at radius 1 is 1.28 bits per heavy atom. The summed E-state index contributed by atoms with van der Waals surface area (Å²) in [5, 5.41) is 8.97. The Labute approximate surface area is 149 Å². The number of nitrogens with one attached hydrogen (secondary N) is 1. The Morgan fingerprint density at radius 2 is 2.08 bits per heavy atom. The number of benzene rings is 1. The van der Waals surface area contributed by atoms with Crippen LogP contribution in [0.5, 0.6) is 0 Å². The molecular formula is C18H19N3O3S. The number of thiophene rings is 1. The SMILES string of the molecule is C[C@@H](Cn1nc(-c2cccs2)oc1=O)NC(=O)CCc1ccccc1. The van der Waals surface area contributed by atoms with Gasteiger partial charge in [0.15, 0.2) is 0 Å². The molecule has 3 rings (SSSR count). The fourth-order valence-electron chi connectivity index (χ4n) is 2.48. The number of amides is 1. The van der Waals surface area contributed by atoms with Crippen molar-refractivity contribution in [3.05, 3.63) is 64.0 Å². The number of aryl methyl sites for hydroxylation is 1. The van der Waals surface area contributed by atoms with Crippen molar-refractivity contribution in [2.45, 2.75) is 32.4 Å². The summed E-state index contributed by atoms with van der Waals surface area (Å²) in [4.78, 5) is 24.7. The van der Waals surface area contributed by atoms with E-state index >= 15 is 0 Å². The Balaban J connectivity index is 1.53. The molecule has 1 atom stereocenters. The lowest BCUT2D eigenvalue weighted by Gasteiger charge is -2.12. The third-order valence-electron chi connectivity index (χ3n) is 3.68. The van der Waals surface area contributed by atoms with Gasteiger partial charge in [-0.2, -0.15) is 4.68 Å². The van der Waals surface area contributed by atoms with Gasteiger partial charge >= 0.3 is 5.76 Å². The quantitative estimate of drug-likeness (QED) is 0.705. The molecule has 1 aromatic carbocycles. The molecule has 0 radical (unpaired) electrons. The minimum Gasteiger partial charge on any atom is -0.387 e. The first kappa shape index (κ1) is 17.2. The van der Waals surface area contributed by atoms with Crippen molar-refractivity contribution in [3.8, 4) is 10.8 Å². The molecule has 0 saturated carbocycles. The molecule has 6 nitrogen and oxygen atoms in total. The number of carbonyl (C=O) groups is 1. The highest BCUT2D eigenvalue weighted by atomic mass is 32.1. The molecule has 130 valence electrons.